The van der Waals surface area contributed by atoms with Gasteiger partial charge >= 0.3 is 5.97 Å². The van der Waals surface area contributed by atoms with Crippen molar-refractivity contribution in [3.05, 3.63) is 101 Å². The Bertz CT molecular complexity index is 1490. The summed E-state index contributed by atoms with van der Waals surface area (Å²) in [5.41, 5.74) is 6.02. The van der Waals surface area contributed by atoms with Gasteiger partial charge in [0, 0.05) is 37.6 Å². The van der Waals surface area contributed by atoms with Crippen LogP contribution in [0.3, 0.4) is 0 Å². The number of ether oxygens (including phenoxy) is 1. The Balaban J connectivity index is 1.27. The van der Waals surface area contributed by atoms with Gasteiger partial charge in [0.15, 0.2) is 5.76 Å². The van der Waals surface area contributed by atoms with E-state index in [1.807, 2.05) is 92.7 Å². The summed E-state index contributed by atoms with van der Waals surface area (Å²) in [6.45, 7) is 6.25. The van der Waals surface area contributed by atoms with E-state index < -0.39 is 11.5 Å². The number of aliphatic hydroxyl groups excluding tert-OH is 1. The van der Waals surface area contributed by atoms with Crippen LogP contribution >= 0.6 is 0 Å². The van der Waals surface area contributed by atoms with Gasteiger partial charge in [0.05, 0.1) is 23.8 Å². The second-order valence-corrected chi connectivity index (χ2v) is 10.8. The molecule has 1 aliphatic rings. The van der Waals surface area contributed by atoms with E-state index in [0.29, 0.717) is 31.0 Å². The summed E-state index contributed by atoms with van der Waals surface area (Å²) in [4.78, 5) is 26.4. The third kappa shape index (κ3) is 6.25. The number of aromatic nitrogens is 1. The lowest BCUT2D eigenvalue weighted by molar-refractivity contribution is -0.146. The van der Waals surface area contributed by atoms with E-state index in [2.05, 4.69) is 5.16 Å². The van der Waals surface area contributed by atoms with Crippen molar-refractivity contribution >= 4 is 11.9 Å². The van der Waals surface area contributed by atoms with Crippen LogP contribution in [0.2, 0.25) is 0 Å². The Kier molecular flexibility index (Phi) is 8.36. The zero-order valence-corrected chi connectivity index (χ0v) is 23.8. The van der Waals surface area contributed by atoms with Crippen molar-refractivity contribution < 1.29 is 24.0 Å². The van der Waals surface area contributed by atoms with Gasteiger partial charge in [-0.1, -0.05) is 84.0 Å². The molecule has 3 aromatic carbocycles. The first-order valence-corrected chi connectivity index (χ1v) is 14.1. The lowest BCUT2D eigenvalue weighted by Crippen LogP contribution is -2.36. The molecule has 0 aliphatic heterocycles. The fraction of sp³-hybridized carbons (Fsp3) is 0.324. The van der Waals surface area contributed by atoms with E-state index in [4.69, 9.17) is 9.26 Å². The highest BCUT2D eigenvalue weighted by atomic mass is 16.5. The molecule has 0 saturated heterocycles. The summed E-state index contributed by atoms with van der Waals surface area (Å²) >= 11 is 0. The Morgan fingerprint density at radius 1 is 0.976 bits per heavy atom. The molecule has 1 aromatic heterocycles. The Hall–Kier alpha value is -4.23. The van der Waals surface area contributed by atoms with Gasteiger partial charge in [0.2, 0.25) is 5.91 Å². The average molecular weight is 553 g/mol. The fourth-order valence-electron chi connectivity index (χ4n) is 5.32. The number of hydrogen-bond donors (Lipinski definition) is 1. The van der Waals surface area contributed by atoms with Gasteiger partial charge in [0.1, 0.15) is 0 Å². The molecule has 7 nitrogen and oxygen atoms in total. The Labute approximate surface area is 240 Å². The highest BCUT2D eigenvalue weighted by Gasteiger charge is 2.52. The summed E-state index contributed by atoms with van der Waals surface area (Å²) in [6.07, 6.45) is 1.19. The van der Waals surface area contributed by atoms with E-state index in [1.54, 1.807) is 4.90 Å². The SMILES string of the molecule is CCOC(=O)C1(c2ccc(-c3ccc(-c4onc(C)c4CC(O)CN(Cc4ccccc4)C(C)=O)cc3)cc2)CC1. The van der Waals surface area contributed by atoms with E-state index in [9.17, 15) is 14.7 Å². The minimum absolute atomic E-state index is 0.0908. The predicted octanol–water partition coefficient (Wildman–Crippen LogP) is 5.86. The molecule has 1 aliphatic carbocycles. The number of amides is 1. The Morgan fingerprint density at radius 2 is 1.59 bits per heavy atom. The number of hydrogen-bond acceptors (Lipinski definition) is 6. The van der Waals surface area contributed by atoms with Crippen LogP contribution in [0.4, 0.5) is 0 Å². The standard InChI is InChI=1S/C34H36N2O5/c1-4-40-33(39)34(18-19-34)29-16-14-27(15-17-29)26-10-12-28(13-11-26)32-31(23(2)35-41-32)20-30(38)22-36(24(3)37)21-25-8-6-5-7-9-25/h5-17,30,38H,4,18-22H2,1-3H3. The second-order valence-electron chi connectivity index (χ2n) is 10.8. The number of carbonyl (C=O) groups excluding carboxylic acids is 2. The van der Waals surface area contributed by atoms with Gasteiger partial charge in [-0.3, -0.25) is 9.59 Å². The van der Waals surface area contributed by atoms with Gasteiger partial charge in [-0.25, -0.2) is 0 Å². The highest BCUT2D eigenvalue weighted by molar-refractivity contribution is 5.87. The zero-order valence-electron chi connectivity index (χ0n) is 23.8. The molecule has 212 valence electrons. The fourth-order valence-corrected chi connectivity index (χ4v) is 5.32. The second kappa shape index (κ2) is 12.1. The molecule has 0 radical (unpaired) electrons. The average Bonchev–Trinajstić information content (AvgIpc) is 3.72. The number of esters is 1. The van der Waals surface area contributed by atoms with Crippen LogP contribution in [0.5, 0.6) is 0 Å². The number of rotatable bonds is 11. The number of nitrogens with zero attached hydrogens (tertiary/aromatic N) is 2. The summed E-state index contributed by atoms with van der Waals surface area (Å²) in [5, 5.41) is 15.1. The molecule has 4 aromatic rings. The molecule has 41 heavy (non-hydrogen) atoms. The number of aryl methyl sites for hydroxylation is 1. The van der Waals surface area contributed by atoms with Crippen LogP contribution in [0.1, 0.15) is 49.1 Å². The maximum absolute atomic E-state index is 12.4. The molecule has 1 N–H and O–H groups in total. The van der Waals surface area contributed by atoms with Gasteiger partial charge in [0.25, 0.3) is 0 Å². The number of aliphatic hydroxyl groups is 1. The number of carbonyl (C=O) groups is 2. The smallest absolute Gasteiger partial charge is 0.316 e. The van der Waals surface area contributed by atoms with Gasteiger partial charge in [-0.15, -0.1) is 0 Å². The van der Waals surface area contributed by atoms with E-state index in [1.165, 1.54) is 6.92 Å². The summed E-state index contributed by atoms with van der Waals surface area (Å²) < 4.78 is 11.0. The third-order valence-corrected chi connectivity index (χ3v) is 7.85. The zero-order chi connectivity index (χ0) is 29.0. The monoisotopic (exact) mass is 552 g/mol. The maximum Gasteiger partial charge on any atom is 0.316 e. The van der Waals surface area contributed by atoms with Crippen LogP contribution in [-0.4, -0.2) is 46.3 Å². The molecular formula is C34H36N2O5. The van der Waals surface area contributed by atoms with Crippen LogP contribution in [0.15, 0.2) is 83.4 Å². The first-order chi connectivity index (χ1) is 19.8. The molecule has 1 fully saturated rings. The highest BCUT2D eigenvalue weighted by Crippen LogP contribution is 2.49. The van der Waals surface area contributed by atoms with Crippen molar-refractivity contribution in [1.82, 2.24) is 10.1 Å². The van der Waals surface area contributed by atoms with Crippen molar-refractivity contribution in [3.8, 4) is 22.5 Å². The Morgan fingerprint density at radius 3 is 2.17 bits per heavy atom. The predicted molar refractivity (Wildman–Crippen MR) is 157 cm³/mol. The topological polar surface area (TPSA) is 92.9 Å². The molecule has 0 bridgehead atoms. The third-order valence-electron chi connectivity index (χ3n) is 7.85. The molecule has 5 rings (SSSR count). The first-order valence-electron chi connectivity index (χ1n) is 14.1. The van der Waals surface area contributed by atoms with Crippen molar-refractivity contribution in [1.29, 1.82) is 0 Å². The molecule has 7 heteroatoms. The van der Waals surface area contributed by atoms with Crippen molar-refractivity contribution in [2.75, 3.05) is 13.2 Å². The van der Waals surface area contributed by atoms with Gasteiger partial charge in [-0.05, 0) is 48.9 Å². The molecule has 1 heterocycles. The quantitative estimate of drug-likeness (QED) is 0.234. The number of benzene rings is 3. The largest absolute Gasteiger partial charge is 0.465 e. The lowest BCUT2D eigenvalue weighted by atomic mass is 9.93. The van der Waals surface area contributed by atoms with E-state index in [0.717, 1.165) is 46.2 Å². The van der Waals surface area contributed by atoms with Crippen molar-refractivity contribution in [2.24, 2.45) is 0 Å². The summed E-state index contributed by atoms with van der Waals surface area (Å²) in [5.74, 6) is 0.392. The van der Waals surface area contributed by atoms with Gasteiger partial charge in [-0.2, -0.15) is 0 Å². The molecule has 0 spiro atoms. The molecule has 1 unspecified atom stereocenters. The van der Waals surface area contributed by atoms with Crippen LogP contribution in [-0.2, 0) is 32.7 Å². The molecular weight excluding hydrogens is 516 g/mol. The molecule has 1 amide bonds. The minimum Gasteiger partial charge on any atom is -0.465 e. The van der Waals surface area contributed by atoms with Crippen molar-refractivity contribution in [2.45, 2.75) is 58.1 Å². The van der Waals surface area contributed by atoms with Crippen LogP contribution < -0.4 is 0 Å². The summed E-state index contributed by atoms with van der Waals surface area (Å²) in [6, 6.07) is 25.9. The van der Waals surface area contributed by atoms with E-state index >= 15 is 0 Å². The summed E-state index contributed by atoms with van der Waals surface area (Å²) in [7, 11) is 0. The van der Waals surface area contributed by atoms with E-state index in [-0.39, 0.29) is 18.4 Å². The van der Waals surface area contributed by atoms with Crippen LogP contribution in [0, 0.1) is 6.92 Å². The normalized spacial score (nSPS) is 14.3. The minimum atomic E-state index is -0.776. The first kappa shape index (κ1) is 28.3. The lowest BCUT2D eigenvalue weighted by Gasteiger charge is -2.24. The van der Waals surface area contributed by atoms with Crippen LogP contribution in [0.25, 0.3) is 22.5 Å². The maximum atomic E-state index is 12.4. The van der Waals surface area contributed by atoms with Crippen molar-refractivity contribution in [3.63, 3.8) is 0 Å². The van der Waals surface area contributed by atoms with Gasteiger partial charge < -0.3 is 19.3 Å². The molecule has 1 atom stereocenters. The molecule has 1 saturated carbocycles.